The van der Waals surface area contributed by atoms with E-state index in [-0.39, 0.29) is 18.6 Å². The van der Waals surface area contributed by atoms with E-state index in [0.717, 1.165) is 22.3 Å². The van der Waals surface area contributed by atoms with Crippen LogP contribution in [0.2, 0.25) is 0 Å². The second-order valence-electron chi connectivity index (χ2n) is 13.8. The number of carbonyl (C=O) groups excluding carboxylic acids is 4. The smallest absolute Gasteiger partial charge is 0.327 e. The SMILES string of the molecule is CC1(C)SCc2ccc(cc2)CSC(C)(C)[C@@H](NC(=O)[C@@H](N)Cc2ccc(O)cc2)C(=O)NCC(=O)N[C@@H](Cc2ccccc2)C(=O)N[C@H]1C(=O)O. The van der Waals surface area contributed by atoms with Crippen molar-refractivity contribution in [2.75, 3.05) is 6.54 Å². The molecule has 5 rings (SSSR count). The van der Waals surface area contributed by atoms with Gasteiger partial charge in [-0.25, -0.2) is 4.79 Å². The number of carboxylic acid groups (broad SMARTS) is 1. The third-order valence-electron chi connectivity index (χ3n) is 8.80. The molecule has 12 nitrogen and oxygen atoms in total. The molecule has 4 amide bonds. The van der Waals surface area contributed by atoms with Crippen molar-refractivity contribution in [3.05, 3.63) is 101 Å². The van der Waals surface area contributed by atoms with E-state index in [0.29, 0.717) is 11.5 Å². The van der Waals surface area contributed by atoms with Gasteiger partial charge in [0.15, 0.2) is 0 Å². The molecule has 0 unspecified atom stereocenters. The Morgan fingerprint density at radius 2 is 1.40 bits per heavy atom. The van der Waals surface area contributed by atoms with Gasteiger partial charge in [0.1, 0.15) is 23.9 Å². The number of carboxylic acids is 1. The average molecular weight is 750 g/mol. The molecule has 8 N–H and O–H groups in total. The zero-order chi connectivity index (χ0) is 38.1. The van der Waals surface area contributed by atoms with Crippen LogP contribution in [-0.4, -0.2) is 80.0 Å². The van der Waals surface area contributed by atoms with Gasteiger partial charge in [0.2, 0.25) is 23.6 Å². The van der Waals surface area contributed by atoms with Crippen molar-refractivity contribution in [2.24, 2.45) is 5.73 Å². The normalized spacial score (nSPS) is 21.9. The molecule has 2 aliphatic rings. The molecule has 52 heavy (non-hydrogen) atoms. The molecular formula is C38H47N5O7S2. The van der Waals surface area contributed by atoms with Gasteiger partial charge in [0, 0.05) is 27.4 Å². The maximum atomic E-state index is 13.8. The van der Waals surface area contributed by atoms with Gasteiger partial charge in [-0.15, -0.1) is 23.5 Å². The minimum atomic E-state index is -1.28. The molecule has 0 saturated carbocycles. The van der Waals surface area contributed by atoms with Crippen molar-refractivity contribution < 1.29 is 34.2 Å². The summed E-state index contributed by atoms with van der Waals surface area (Å²) >= 11 is 2.84. The molecule has 278 valence electrons. The number of aromatic hydroxyl groups is 1. The van der Waals surface area contributed by atoms with Crippen LogP contribution >= 0.6 is 23.5 Å². The Balaban J connectivity index is 1.62. The molecule has 0 saturated heterocycles. The van der Waals surface area contributed by atoms with Crippen molar-refractivity contribution in [3.8, 4) is 5.75 Å². The van der Waals surface area contributed by atoms with Crippen LogP contribution in [0.3, 0.4) is 0 Å². The summed E-state index contributed by atoms with van der Waals surface area (Å²) in [6, 6.07) is 18.5. The van der Waals surface area contributed by atoms with Crippen LogP contribution in [-0.2, 0) is 48.3 Å². The Morgan fingerprint density at radius 3 is 1.98 bits per heavy atom. The molecule has 4 atom stereocenters. The largest absolute Gasteiger partial charge is 0.508 e. The van der Waals surface area contributed by atoms with Crippen molar-refractivity contribution in [1.29, 1.82) is 0 Å². The van der Waals surface area contributed by atoms with Crippen LogP contribution in [0, 0.1) is 0 Å². The Bertz CT molecular complexity index is 1720. The summed E-state index contributed by atoms with van der Waals surface area (Å²) < 4.78 is -1.81. The van der Waals surface area contributed by atoms with E-state index < -0.39 is 69.8 Å². The number of aliphatic carboxylic acids is 1. The summed E-state index contributed by atoms with van der Waals surface area (Å²) in [6.45, 7) is 6.64. The standard InChI is InChI=1S/C38H47N5O7S2/c1-37(2)31(42-33(46)28(39)18-24-14-16-27(44)17-15-24)35(48)40-20-30(45)41-29(19-23-8-6-5-7-9-23)34(47)43-32(36(49)50)38(3,4)52-22-26-12-10-25(11-13-26)21-51-37/h5-17,28-29,31-32,44H,18-22,39H2,1-4H3,(H,40,48)(H,41,45)(H,42,46)(H,43,47)(H,49,50)/t28-,29-,31-,32-/m0/s1. The molecule has 0 fully saturated rings. The first-order valence-corrected chi connectivity index (χ1v) is 18.8. The fourth-order valence-electron chi connectivity index (χ4n) is 5.57. The second kappa shape index (κ2) is 17.8. The number of hydrogen-bond acceptors (Lipinski definition) is 9. The van der Waals surface area contributed by atoms with E-state index in [1.54, 1.807) is 50.2 Å². The number of thioether (sulfide) groups is 2. The third kappa shape index (κ3) is 11.5. The first-order valence-electron chi connectivity index (χ1n) is 16.9. The van der Waals surface area contributed by atoms with Crippen molar-refractivity contribution in [2.45, 2.75) is 85.7 Å². The van der Waals surface area contributed by atoms with E-state index in [2.05, 4.69) is 21.3 Å². The highest BCUT2D eigenvalue weighted by atomic mass is 32.2. The van der Waals surface area contributed by atoms with Crippen LogP contribution in [0.5, 0.6) is 5.75 Å². The van der Waals surface area contributed by atoms with E-state index in [1.807, 2.05) is 44.2 Å². The summed E-state index contributed by atoms with van der Waals surface area (Å²) in [4.78, 5) is 66.7. The summed E-state index contributed by atoms with van der Waals surface area (Å²) in [5.41, 5.74) is 9.64. The van der Waals surface area contributed by atoms with E-state index in [1.165, 1.54) is 35.7 Å². The maximum absolute atomic E-state index is 13.8. The van der Waals surface area contributed by atoms with Gasteiger partial charge >= 0.3 is 5.97 Å². The Morgan fingerprint density at radius 1 is 0.827 bits per heavy atom. The Hall–Kier alpha value is -4.53. The maximum Gasteiger partial charge on any atom is 0.327 e. The monoisotopic (exact) mass is 749 g/mol. The number of fused-ring (bicyclic) bond motifs is 17. The predicted molar refractivity (Wildman–Crippen MR) is 204 cm³/mol. The molecule has 14 heteroatoms. The number of nitrogens with two attached hydrogens (primary N) is 1. The fourth-order valence-corrected chi connectivity index (χ4v) is 7.69. The summed E-state index contributed by atoms with van der Waals surface area (Å²) in [7, 11) is 0. The van der Waals surface area contributed by atoms with Gasteiger partial charge in [0.25, 0.3) is 0 Å². The third-order valence-corrected chi connectivity index (χ3v) is 11.7. The van der Waals surface area contributed by atoms with Crippen LogP contribution in [0.25, 0.3) is 0 Å². The summed E-state index contributed by atoms with van der Waals surface area (Å²) in [6.07, 6.45) is 0.228. The highest BCUT2D eigenvalue weighted by Crippen LogP contribution is 2.34. The van der Waals surface area contributed by atoms with Crippen LogP contribution in [0.4, 0.5) is 0 Å². The van der Waals surface area contributed by atoms with Gasteiger partial charge in [-0.05, 0) is 68.5 Å². The molecule has 2 heterocycles. The number of carbonyl (C=O) groups is 5. The molecule has 3 aromatic carbocycles. The van der Waals surface area contributed by atoms with Crippen LogP contribution in [0.15, 0.2) is 78.9 Å². The number of amides is 4. The zero-order valence-electron chi connectivity index (χ0n) is 29.7. The number of rotatable bonds is 7. The van der Waals surface area contributed by atoms with Gasteiger partial charge in [0.05, 0.1) is 12.6 Å². The van der Waals surface area contributed by atoms with Crippen molar-refractivity contribution in [3.63, 3.8) is 0 Å². The van der Waals surface area contributed by atoms with Gasteiger partial charge < -0.3 is 37.2 Å². The van der Waals surface area contributed by atoms with Gasteiger partial charge in [-0.1, -0.05) is 66.7 Å². The summed E-state index contributed by atoms with van der Waals surface area (Å²) in [5.74, 6) is -2.72. The summed E-state index contributed by atoms with van der Waals surface area (Å²) in [5, 5.41) is 30.6. The minimum Gasteiger partial charge on any atom is -0.508 e. The number of phenolic OH excluding ortho intramolecular Hbond substituents is 1. The van der Waals surface area contributed by atoms with Gasteiger partial charge in [-0.2, -0.15) is 0 Å². The minimum absolute atomic E-state index is 0.0693. The number of phenols is 1. The first kappa shape index (κ1) is 40.2. The van der Waals surface area contributed by atoms with Crippen LogP contribution < -0.4 is 27.0 Å². The number of hydrogen-bond donors (Lipinski definition) is 7. The molecule has 2 bridgehead atoms. The average Bonchev–Trinajstić information content (AvgIpc) is 3.10. The topological polar surface area (TPSA) is 200 Å². The lowest BCUT2D eigenvalue weighted by atomic mass is 10.00. The van der Waals surface area contributed by atoms with Gasteiger partial charge in [-0.3, -0.25) is 19.2 Å². The number of benzene rings is 3. The van der Waals surface area contributed by atoms with E-state index >= 15 is 0 Å². The molecule has 0 aromatic heterocycles. The Kier molecular flexibility index (Phi) is 13.8. The second-order valence-corrected chi connectivity index (χ2v) is 17.1. The molecule has 0 spiro atoms. The van der Waals surface area contributed by atoms with E-state index in [4.69, 9.17) is 5.73 Å². The molecule has 2 aliphatic heterocycles. The molecular weight excluding hydrogens is 703 g/mol. The fraction of sp³-hybridized carbons (Fsp3) is 0.395. The molecule has 3 aromatic rings. The lowest BCUT2D eigenvalue weighted by Gasteiger charge is -2.34. The highest BCUT2D eigenvalue weighted by Gasteiger charge is 2.40. The van der Waals surface area contributed by atoms with Crippen molar-refractivity contribution in [1.82, 2.24) is 21.3 Å². The first-order chi connectivity index (χ1) is 24.5. The van der Waals surface area contributed by atoms with E-state index in [9.17, 15) is 34.2 Å². The highest BCUT2D eigenvalue weighted by molar-refractivity contribution is 8.00. The lowest BCUT2D eigenvalue weighted by molar-refractivity contribution is -0.143. The number of nitrogens with one attached hydrogen (secondary N) is 4. The zero-order valence-corrected chi connectivity index (χ0v) is 31.3. The molecule has 0 aliphatic carbocycles. The van der Waals surface area contributed by atoms with Crippen molar-refractivity contribution >= 4 is 53.1 Å². The predicted octanol–water partition coefficient (Wildman–Crippen LogP) is 2.90. The van der Waals surface area contributed by atoms with Crippen LogP contribution in [0.1, 0.15) is 49.9 Å². The Labute approximate surface area is 312 Å². The molecule has 0 radical (unpaired) electrons. The lowest BCUT2D eigenvalue weighted by Crippen LogP contribution is -2.61. The quantitative estimate of drug-likeness (QED) is 0.176.